The molecule has 1 amide bonds. The van der Waals surface area contributed by atoms with Crippen molar-refractivity contribution < 1.29 is 9.53 Å². The summed E-state index contributed by atoms with van der Waals surface area (Å²) in [7, 11) is 2.20. The van der Waals surface area contributed by atoms with Gasteiger partial charge in [0.05, 0.1) is 0 Å². The molecule has 1 fully saturated rings. The van der Waals surface area contributed by atoms with Crippen LogP contribution in [0, 0.1) is 5.92 Å². The Morgan fingerprint density at radius 1 is 1.43 bits per heavy atom. The first-order valence-electron chi connectivity index (χ1n) is 8.48. The highest BCUT2D eigenvalue weighted by atomic mass is 32.1. The van der Waals surface area contributed by atoms with E-state index >= 15 is 0 Å². The van der Waals surface area contributed by atoms with Gasteiger partial charge in [-0.25, -0.2) is 4.79 Å². The predicted octanol–water partition coefficient (Wildman–Crippen LogP) is 4.39. The SMILES string of the molecule is C[C@H](c1cccs1)N(C)CC1CCN(C(=O)OC(C)(C)C)CC1. The van der Waals surface area contributed by atoms with Crippen molar-refractivity contribution in [2.24, 2.45) is 5.92 Å². The molecule has 0 bridgehead atoms. The van der Waals surface area contributed by atoms with E-state index in [9.17, 15) is 4.79 Å². The van der Waals surface area contributed by atoms with Crippen molar-refractivity contribution in [1.82, 2.24) is 9.80 Å². The summed E-state index contributed by atoms with van der Waals surface area (Å²) in [5.41, 5.74) is -0.412. The van der Waals surface area contributed by atoms with Crippen LogP contribution in [0.1, 0.15) is 51.5 Å². The van der Waals surface area contributed by atoms with Crippen LogP contribution in [-0.2, 0) is 4.74 Å². The van der Waals surface area contributed by atoms with Gasteiger partial charge in [-0.15, -0.1) is 11.3 Å². The van der Waals surface area contributed by atoms with Gasteiger partial charge in [0.15, 0.2) is 0 Å². The molecule has 0 unspecified atom stereocenters. The molecule has 5 heteroatoms. The zero-order valence-corrected chi connectivity index (χ0v) is 15.9. The normalized spacial score (nSPS) is 18.3. The van der Waals surface area contributed by atoms with Crippen molar-refractivity contribution >= 4 is 17.4 Å². The molecule has 2 heterocycles. The van der Waals surface area contributed by atoms with Crippen molar-refractivity contribution in [2.45, 2.75) is 52.2 Å². The molecule has 4 nitrogen and oxygen atoms in total. The molecule has 0 radical (unpaired) electrons. The highest BCUT2D eigenvalue weighted by Gasteiger charge is 2.28. The Labute approximate surface area is 144 Å². The summed E-state index contributed by atoms with van der Waals surface area (Å²) in [6.45, 7) is 10.7. The molecule has 0 aliphatic carbocycles. The number of nitrogens with zero attached hydrogens (tertiary/aromatic N) is 2. The fourth-order valence-electron chi connectivity index (χ4n) is 2.94. The van der Waals surface area contributed by atoms with E-state index < -0.39 is 5.60 Å². The average Bonchev–Trinajstić information content (AvgIpc) is 2.99. The molecular formula is C18H30N2O2S. The van der Waals surface area contributed by atoms with Gasteiger partial charge in [0.1, 0.15) is 5.60 Å². The van der Waals surface area contributed by atoms with Crippen molar-refractivity contribution in [3.05, 3.63) is 22.4 Å². The summed E-state index contributed by atoms with van der Waals surface area (Å²) < 4.78 is 5.46. The lowest BCUT2D eigenvalue weighted by Gasteiger charge is -2.36. The molecule has 0 N–H and O–H groups in total. The van der Waals surface area contributed by atoms with Gasteiger partial charge in [-0.05, 0) is 64.9 Å². The number of hydrogen-bond acceptors (Lipinski definition) is 4. The van der Waals surface area contributed by atoms with E-state index in [0.717, 1.165) is 32.5 Å². The highest BCUT2D eigenvalue weighted by Crippen LogP contribution is 2.26. The van der Waals surface area contributed by atoms with Gasteiger partial charge in [0.2, 0.25) is 0 Å². The predicted molar refractivity (Wildman–Crippen MR) is 95.9 cm³/mol. The van der Waals surface area contributed by atoms with Gasteiger partial charge >= 0.3 is 6.09 Å². The van der Waals surface area contributed by atoms with E-state index in [4.69, 9.17) is 4.74 Å². The Kier molecular flexibility index (Phi) is 6.09. The van der Waals surface area contributed by atoms with Gasteiger partial charge in [-0.2, -0.15) is 0 Å². The second-order valence-electron chi connectivity index (χ2n) is 7.54. The Hall–Kier alpha value is -1.07. The molecule has 1 saturated heterocycles. The minimum atomic E-state index is -0.412. The second-order valence-corrected chi connectivity index (χ2v) is 8.52. The van der Waals surface area contributed by atoms with Crippen molar-refractivity contribution in [2.75, 3.05) is 26.7 Å². The molecule has 0 spiro atoms. The molecule has 1 aliphatic heterocycles. The third kappa shape index (κ3) is 5.50. The number of thiophene rings is 1. The Morgan fingerprint density at radius 2 is 2.09 bits per heavy atom. The summed E-state index contributed by atoms with van der Waals surface area (Å²) in [6.07, 6.45) is 1.94. The molecule has 1 aliphatic rings. The number of ether oxygens (including phenoxy) is 1. The number of likely N-dealkylation sites (tertiary alicyclic amines) is 1. The number of carbonyl (C=O) groups is 1. The fourth-order valence-corrected chi connectivity index (χ4v) is 3.78. The van der Waals surface area contributed by atoms with E-state index in [-0.39, 0.29) is 6.09 Å². The highest BCUT2D eigenvalue weighted by molar-refractivity contribution is 7.10. The monoisotopic (exact) mass is 338 g/mol. The molecule has 130 valence electrons. The number of hydrogen-bond donors (Lipinski definition) is 0. The van der Waals surface area contributed by atoms with Gasteiger partial charge in [-0.1, -0.05) is 6.07 Å². The topological polar surface area (TPSA) is 32.8 Å². The van der Waals surface area contributed by atoms with Crippen LogP contribution >= 0.6 is 11.3 Å². The van der Waals surface area contributed by atoms with E-state index in [1.54, 1.807) is 0 Å². The summed E-state index contributed by atoms with van der Waals surface area (Å²) >= 11 is 1.82. The maximum atomic E-state index is 12.1. The van der Waals surface area contributed by atoms with Crippen molar-refractivity contribution in [1.29, 1.82) is 0 Å². The zero-order valence-electron chi connectivity index (χ0n) is 15.0. The molecule has 1 atom stereocenters. The maximum absolute atomic E-state index is 12.1. The van der Waals surface area contributed by atoms with Crippen LogP contribution in [0.4, 0.5) is 4.79 Å². The van der Waals surface area contributed by atoms with Crippen molar-refractivity contribution in [3.63, 3.8) is 0 Å². The number of rotatable bonds is 4. The quantitative estimate of drug-likeness (QED) is 0.816. The summed E-state index contributed by atoms with van der Waals surface area (Å²) in [5.74, 6) is 0.654. The summed E-state index contributed by atoms with van der Waals surface area (Å²) in [5, 5.41) is 2.14. The lowest BCUT2D eigenvalue weighted by atomic mass is 9.96. The fraction of sp³-hybridized carbons (Fsp3) is 0.722. The number of piperidine rings is 1. The Bertz CT molecular complexity index is 488. The third-order valence-corrected chi connectivity index (χ3v) is 5.47. The minimum Gasteiger partial charge on any atom is -0.444 e. The van der Waals surface area contributed by atoms with Crippen LogP contribution in [0.25, 0.3) is 0 Å². The van der Waals surface area contributed by atoms with E-state index in [1.165, 1.54) is 4.88 Å². The summed E-state index contributed by atoms with van der Waals surface area (Å²) in [4.78, 5) is 17.8. The molecule has 23 heavy (non-hydrogen) atoms. The molecule has 0 saturated carbocycles. The Morgan fingerprint density at radius 3 is 2.61 bits per heavy atom. The van der Waals surface area contributed by atoms with Crippen LogP contribution in [0.15, 0.2) is 17.5 Å². The van der Waals surface area contributed by atoms with Gasteiger partial charge in [-0.3, -0.25) is 4.90 Å². The van der Waals surface area contributed by atoms with E-state index in [0.29, 0.717) is 12.0 Å². The summed E-state index contributed by atoms with van der Waals surface area (Å²) in [6, 6.07) is 4.78. The molecular weight excluding hydrogens is 308 g/mol. The largest absolute Gasteiger partial charge is 0.444 e. The van der Waals surface area contributed by atoms with Crippen LogP contribution < -0.4 is 0 Å². The first kappa shape index (κ1) is 18.3. The van der Waals surface area contributed by atoms with Crippen LogP contribution in [-0.4, -0.2) is 48.2 Å². The number of amides is 1. The first-order valence-corrected chi connectivity index (χ1v) is 9.36. The van der Waals surface area contributed by atoms with E-state index in [2.05, 4.69) is 36.4 Å². The molecule has 1 aromatic rings. The van der Waals surface area contributed by atoms with Crippen LogP contribution in [0.5, 0.6) is 0 Å². The van der Waals surface area contributed by atoms with Crippen molar-refractivity contribution in [3.8, 4) is 0 Å². The van der Waals surface area contributed by atoms with Crippen LogP contribution in [0.3, 0.4) is 0 Å². The van der Waals surface area contributed by atoms with Gasteiger partial charge < -0.3 is 9.64 Å². The smallest absolute Gasteiger partial charge is 0.410 e. The molecule has 2 rings (SSSR count). The lowest BCUT2D eigenvalue weighted by molar-refractivity contribution is 0.0168. The average molecular weight is 339 g/mol. The zero-order chi connectivity index (χ0) is 17.0. The first-order chi connectivity index (χ1) is 10.8. The van der Waals surface area contributed by atoms with E-state index in [1.807, 2.05) is 37.0 Å². The Balaban J connectivity index is 1.77. The lowest BCUT2D eigenvalue weighted by Crippen LogP contribution is -2.43. The molecule has 1 aromatic heterocycles. The molecule has 0 aromatic carbocycles. The van der Waals surface area contributed by atoms with Crippen LogP contribution in [0.2, 0.25) is 0 Å². The minimum absolute atomic E-state index is 0.170. The number of carbonyl (C=O) groups excluding carboxylic acids is 1. The van der Waals surface area contributed by atoms with Gasteiger partial charge in [0.25, 0.3) is 0 Å². The third-order valence-electron chi connectivity index (χ3n) is 4.43. The second kappa shape index (κ2) is 7.67. The van der Waals surface area contributed by atoms with Gasteiger partial charge in [0, 0.05) is 30.6 Å². The maximum Gasteiger partial charge on any atom is 0.410 e. The standard InChI is InChI=1S/C18H30N2O2S/c1-14(16-7-6-12-23-16)19(5)13-15-8-10-20(11-9-15)17(21)22-18(2,3)4/h6-7,12,14-15H,8-11,13H2,1-5H3/t14-/m1/s1.